The van der Waals surface area contributed by atoms with Crippen LogP contribution in [0.15, 0.2) is 48.5 Å². The van der Waals surface area contributed by atoms with Crippen LogP contribution < -0.4 is 14.8 Å². The lowest BCUT2D eigenvalue weighted by molar-refractivity contribution is -0.125. The third kappa shape index (κ3) is 2.85. The molecule has 0 aliphatic carbocycles. The minimum Gasteiger partial charge on any atom is -0.485 e. The van der Waals surface area contributed by atoms with Gasteiger partial charge in [-0.3, -0.25) is 4.79 Å². The summed E-state index contributed by atoms with van der Waals surface area (Å²) >= 11 is 0. The number of benzene rings is 2. The second-order valence-electron chi connectivity index (χ2n) is 4.74. The molecule has 22 heavy (non-hydrogen) atoms. The number of ether oxygens (including phenoxy) is 2. The van der Waals surface area contributed by atoms with E-state index in [9.17, 15) is 9.59 Å². The van der Waals surface area contributed by atoms with Crippen LogP contribution in [0.5, 0.6) is 11.5 Å². The Morgan fingerprint density at radius 3 is 2.64 bits per heavy atom. The highest BCUT2D eigenvalue weighted by atomic mass is 16.6. The van der Waals surface area contributed by atoms with E-state index in [1.54, 1.807) is 30.3 Å². The highest BCUT2D eigenvalue weighted by Crippen LogP contribution is 2.31. The number of aromatic carboxylic acids is 1. The Morgan fingerprint density at radius 1 is 1.09 bits per heavy atom. The van der Waals surface area contributed by atoms with E-state index in [2.05, 4.69) is 5.32 Å². The lowest BCUT2D eigenvalue weighted by atomic mass is 10.2. The number of para-hydroxylation sites is 2. The van der Waals surface area contributed by atoms with Crippen LogP contribution in [0.25, 0.3) is 0 Å². The largest absolute Gasteiger partial charge is 0.485 e. The van der Waals surface area contributed by atoms with Gasteiger partial charge in [-0.15, -0.1) is 0 Å². The molecule has 1 unspecified atom stereocenters. The summed E-state index contributed by atoms with van der Waals surface area (Å²) in [5, 5.41) is 11.6. The van der Waals surface area contributed by atoms with Crippen molar-refractivity contribution in [1.29, 1.82) is 0 Å². The molecule has 0 fully saturated rings. The van der Waals surface area contributed by atoms with Crippen LogP contribution in [0.2, 0.25) is 0 Å². The molecule has 0 saturated carbocycles. The molecule has 0 radical (unpaired) electrons. The van der Waals surface area contributed by atoms with Crippen molar-refractivity contribution in [3.8, 4) is 11.5 Å². The Morgan fingerprint density at radius 2 is 1.86 bits per heavy atom. The molecule has 1 aliphatic heterocycles. The van der Waals surface area contributed by atoms with Gasteiger partial charge in [0.25, 0.3) is 5.91 Å². The Hall–Kier alpha value is -3.02. The maximum absolute atomic E-state index is 12.2. The van der Waals surface area contributed by atoms with Crippen LogP contribution in [-0.2, 0) is 4.79 Å². The molecule has 1 aliphatic rings. The van der Waals surface area contributed by atoms with Gasteiger partial charge >= 0.3 is 5.97 Å². The summed E-state index contributed by atoms with van der Waals surface area (Å²) in [5.74, 6) is -0.341. The van der Waals surface area contributed by atoms with E-state index in [0.717, 1.165) is 0 Å². The summed E-state index contributed by atoms with van der Waals surface area (Å²) in [4.78, 5) is 23.1. The van der Waals surface area contributed by atoms with E-state index in [0.29, 0.717) is 17.2 Å². The standard InChI is InChI=1S/C16H13NO5/c18-15(17-11-5-3-4-10(8-11)16(19)20)14-9-21-12-6-1-2-7-13(12)22-14/h1-8,14H,9H2,(H,17,18)(H,19,20). The minimum absolute atomic E-state index is 0.0987. The molecule has 6 heteroatoms. The molecule has 1 heterocycles. The first kappa shape index (κ1) is 13.9. The highest BCUT2D eigenvalue weighted by molar-refractivity contribution is 5.96. The lowest BCUT2D eigenvalue weighted by Crippen LogP contribution is -2.40. The molecule has 1 amide bonds. The normalized spacial score (nSPS) is 15.9. The summed E-state index contributed by atoms with van der Waals surface area (Å²) < 4.78 is 11.1. The van der Waals surface area contributed by atoms with Crippen molar-refractivity contribution in [1.82, 2.24) is 0 Å². The van der Waals surface area contributed by atoms with E-state index in [4.69, 9.17) is 14.6 Å². The van der Waals surface area contributed by atoms with E-state index < -0.39 is 18.0 Å². The van der Waals surface area contributed by atoms with E-state index in [-0.39, 0.29) is 12.2 Å². The summed E-state index contributed by atoms with van der Waals surface area (Å²) in [6, 6.07) is 13.1. The monoisotopic (exact) mass is 299 g/mol. The van der Waals surface area contributed by atoms with Crippen molar-refractivity contribution < 1.29 is 24.2 Å². The number of fused-ring (bicyclic) bond motifs is 1. The summed E-state index contributed by atoms with van der Waals surface area (Å²) in [6.45, 7) is 0.0987. The first-order valence-electron chi connectivity index (χ1n) is 6.66. The van der Waals surface area contributed by atoms with Crippen LogP contribution in [0.1, 0.15) is 10.4 Å². The van der Waals surface area contributed by atoms with Crippen LogP contribution in [0, 0.1) is 0 Å². The van der Waals surface area contributed by atoms with Gasteiger partial charge in [0.05, 0.1) is 5.56 Å². The molecule has 2 aromatic carbocycles. The van der Waals surface area contributed by atoms with Crippen molar-refractivity contribution in [2.45, 2.75) is 6.10 Å². The molecule has 2 N–H and O–H groups in total. The molecule has 0 spiro atoms. The van der Waals surface area contributed by atoms with Gasteiger partial charge in [-0.25, -0.2) is 4.79 Å². The SMILES string of the molecule is O=C(O)c1cccc(NC(=O)C2COc3ccccc3O2)c1. The van der Waals surface area contributed by atoms with E-state index >= 15 is 0 Å². The average Bonchev–Trinajstić information content (AvgIpc) is 2.54. The quantitative estimate of drug-likeness (QED) is 0.907. The molecule has 1 atom stereocenters. The van der Waals surface area contributed by atoms with Gasteiger partial charge in [0, 0.05) is 5.69 Å². The molecule has 0 saturated heterocycles. The maximum atomic E-state index is 12.2. The summed E-state index contributed by atoms with van der Waals surface area (Å²) in [7, 11) is 0. The van der Waals surface area contributed by atoms with Gasteiger partial charge in [0.1, 0.15) is 6.61 Å². The highest BCUT2D eigenvalue weighted by Gasteiger charge is 2.27. The lowest BCUT2D eigenvalue weighted by Gasteiger charge is -2.25. The third-order valence-electron chi connectivity index (χ3n) is 3.18. The molecule has 0 bridgehead atoms. The average molecular weight is 299 g/mol. The van der Waals surface area contributed by atoms with Crippen molar-refractivity contribution in [3.63, 3.8) is 0 Å². The topological polar surface area (TPSA) is 84.9 Å². The second-order valence-corrected chi connectivity index (χ2v) is 4.74. The first-order valence-corrected chi connectivity index (χ1v) is 6.66. The summed E-state index contributed by atoms with van der Waals surface area (Å²) in [5.41, 5.74) is 0.497. The van der Waals surface area contributed by atoms with Crippen LogP contribution in [0.4, 0.5) is 5.69 Å². The number of nitrogens with one attached hydrogen (secondary N) is 1. The predicted molar refractivity (Wildman–Crippen MR) is 78.4 cm³/mol. The number of carboxylic acid groups (broad SMARTS) is 1. The van der Waals surface area contributed by atoms with Crippen LogP contribution in [0.3, 0.4) is 0 Å². The van der Waals surface area contributed by atoms with Crippen molar-refractivity contribution in [2.24, 2.45) is 0 Å². The molecule has 6 nitrogen and oxygen atoms in total. The zero-order chi connectivity index (χ0) is 15.5. The van der Waals surface area contributed by atoms with Gasteiger partial charge in [-0.05, 0) is 30.3 Å². The molecule has 112 valence electrons. The first-order chi connectivity index (χ1) is 10.6. The van der Waals surface area contributed by atoms with Gasteiger partial charge < -0.3 is 19.9 Å². The van der Waals surface area contributed by atoms with Gasteiger partial charge in [0.2, 0.25) is 6.10 Å². The summed E-state index contributed by atoms with van der Waals surface area (Å²) in [6.07, 6.45) is -0.789. The van der Waals surface area contributed by atoms with Gasteiger partial charge in [-0.2, -0.15) is 0 Å². The fourth-order valence-electron chi connectivity index (χ4n) is 2.10. The van der Waals surface area contributed by atoms with Crippen molar-refractivity contribution >= 4 is 17.6 Å². The molecule has 2 aromatic rings. The van der Waals surface area contributed by atoms with Crippen LogP contribution in [-0.4, -0.2) is 29.7 Å². The van der Waals surface area contributed by atoms with Crippen molar-refractivity contribution in [2.75, 3.05) is 11.9 Å². The van der Waals surface area contributed by atoms with Gasteiger partial charge in [0.15, 0.2) is 11.5 Å². The smallest absolute Gasteiger partial charge is 0.335 e. The van der Waals surface area contributed by atoms with Crippen molar-refractivity contribution in [3.05, 3.63) is 54.1 Å². The number of anilines is 1. The maximum Gasteiger partial charge on any atom is 0.335 e. The number of carbonyl (C=O) groups is 2. The molecule has 0 aromatic heterocycles. The Bertz CT molecular complexity index is 728. The number of hydrogen-bond acceptors (Lipinski definition) is 4. The third-order valence-corrected chi connectivity index (χ3v) is 3.18. The molecular weight excluding hydrogens is 286 g/mol. The predicted octanol–water partition coefficient (Wildman–Crippen LogP) is 2.16. The Labute approximate surface area is 126 Å². The van der Waals surface area contributed by atoms with Gasteiger partial charge in [-0.1, -0.05) is 18.2 Å². The fraction of sp³-hybridized carbons (Fsp3) is 0.125. The fourth-order valence-corrected chi connectivity index (χ4v) is 2.10. The zero-order valence-electron chi connectivity index (χ0n) is 11.5. The van der Waals surface area contributed by atoms with Crippen LogP contribution >= 0.6 is 0 Å². The van der Waals surface area contributed by atoms with E-state index in [1.165, 1.54) is 12.1 Å². The van der Waals surface area contributed by atoms with E-state index in [1.807, 2.05) is 6.07 Å². The molecular formula is C16H13NO5. The number of rotatable bonds is 3. The molecule has 3 rings (SSSR count). The number of carbonyl (C=O) groups excluding carboxylic acids is 1. The Balaban J connectivity index is 1.71. The second kappa shape index (κ2) is 5.77. The number of amides is 1. The Kier molecular flexibility index (Phi) is 3.65. The number of hydrogen-bond donors (Lipinski definition) is 2. The minimum atomic E-state index is -1.05. The number of carboxylic acids is 1. The zero-order valence-corrected chi connectivity index (χ0v) is 11.5.